The Bertz CT molecular complexity index is 1060. The molecule has 10 heteroatoms. The largest absolute Gasteiger partial charge is 0.493 e. The number of ether oxygens (including phenoxy) is 3. The number of aromatic nitrogens is 1. The summed E-state index contributed by atoms with van der Waals surface area (Å²) in [5.74, 6) is 3.12. The molecular weight excluding hydrogens is 524 g/mol. The van der Waals surface area contributed by atoms with Gasteiger partial charge in [0.2, 0.25) is 0 Å². The lowest BCUT2D eigenvalue weighted by Gasteiger charge is -2.33. The summed E-state index contributed by atoms with van der Waals surface area (Å²) < 4.78 is 22.0. The van der Waals surface area contributed by atoms with Crippen LogP contribution < -0.4 is 14.8 Å². The monoisotopic (exact) mass is 574 g/mol. The lowest BCUT2D eigenvalue weighted by atomic mass is 9.93. The minimum absolute atomic E-state index is 0.00331. The topological polar surface area (TPSA) is 110 Å². The van der Waals surface area contributed by atoms with E-state index >= 15 is 0 Å². The summed E-state index contributed by atoms with van der Waals surface area (Å²) in [6, 6.07) is 8.71. The lowest BCUT2D eigenvalue weighted by molar-refractivity contribution is 0.0679. The zero-order valence-corrected chi connectivity index (χ0v) is 25.7. The van der Waals surface area contributed by atoms with Crippen molar-refractivity contribution in [2.75, 3.05) is 60.7 Å². The van der Waals surface area contributed by atoms with Crippen molar-refractivity contribution in [2.45, 2.75) is 65.1 Å². The number of aliphatic hydroxyl groups is 1. The van der Waals surface area contributed by atoms with Crippen molar-refractivity contribution in [1.29, 1.82) is 0 Å². The van der Waals surface area contributed by atoms with E-state index in [0.29, 0.717) is 42.8 Å². The third kappa shape index (κ3) is 9.43. The summed E-state index contributed by atoms with van der Waals surface area (Å²) in [6.45, 7) is 12.2. The van der Waals surface area contributed by atoms with Crippen molar-refractivity contribution in [2.24, 2.45) is 11.8 Å². The molecule has 1 aliphatic carbocycles. The van der Waals surface area contributed by atoms with Gasteiger partial charge in [-0.05, 0) is 62.8 Å². The van der Waals surface area contributed by atoms with E-state index in [0.717, 1.165) is 82.8 Å². The number of aryl methyl sites for hydroxylation is 1. The van der Waals surface area contributed by atoms with E-state index in [-0.39, 0.29) is 5.91 Å². The van der Waals surface area contributed by atoms with Crippen LogP contribution in [0.25, 0.3) is 0 Å². The second kappa shape index (κ2) is 16.7. The molecule has 1 aromatic carbocycles. The Labute approximate surface area is 245 Å². The van der Waals surface area contributed by atoms with Gasteiger partial charge in [0.15, 0.2) is 17.2 Å². The fraction of sp³-hybridized carbons (Fsp3) is 0.677. The summed E-state index contributed by atoms with van der Waals surface area (Å²) in [5.41, 5.74) is 1.63. The Hall–Kier alpha value is -2.66. The Morgan fingerprint density at radius 1 is 1.10 bits per heavy atom. The molecule has 10 nitrogen and oxygen atoms in total. The van der Waals surface area contributed by atoms with Crippen LogP contribution in [-0.2, 0) is 17.7 Å². The van der Waals surface area contributed by atoms with E-state index in [1.165, 1.54) is 5.56 Å². The van der Waals surface area contributed by atoms with Gasteiger partial charge in [-0.25, -0.2) is 0 Å². The van der Waals surface area contributed by atoms with Crippen LogP contribution in [0.15, 0.2) is 28.8 Å². The number of methoxy groups -OCH3 is 2. The van der Waals surface area contributed by atoms with Gasteiger partial charge in [-0.2, -0.15) is 0 Å². The van der Waals surface area contributed by atoms with Crippen molar-refractivity contribution < 1.29 is 28.6 Å². The Morgan fingerprint density at radius 2 is 1.83 bits per heavy atom. The van der Waals surface area contributed by atoms with E-state index in [1.54, 1.807) is 20.3 Å². The number of hydrogen-bond acceptors (Lipinski definition) is 9. The van der Waals surface area contributed by atoms with Crippen molar-refractivity contribution in [3.05, 3.63) is 41.3 Å². The fourth-order valence-electron chi connectivity index (χ4n) is 5.29. The molecule has 0 spiro atoms. The van der Waals surface area contributed by atoms with Crippen LogP contribution in [0.4, 0.5) is 0 Å². The maximum absolute atomic E-state index is 13.4. The van der Waals surface area contributed by atoms with Crippen molar-refractivity contribution in [1.82, 2.24) is 20.3 Å². The van der Waals surface area contributed by atoms with Gasteiger partial charge < -0.3 is 34.1 Å². The zero-order valence-electron chi connectivity index (χ0n) is 25.7. The molecule has 0 bridgehead atoms. The average molecular weight is 575 g/mol. The lowest BCUT2D eigenvalue weighted by Crippen LogP contribution is -2.42. The summed E-state index contributed by atoms with van der Waals surface area (Å²) in [5, 5.41) is 14.7. The quantitative estimate of drug-likeness (QED) is 0.291. The summed E-state index contributed by atoms with van der Waals surface area (Å²) in [7, 11) is 4.37. The molecule has 2 aliphatic rings. The molecule has 1 amide bonds. The van der Waals surface area contributed by atoms with Crippen LogP contribution in [0, 0.1) is 11.8 Å². The Kier molecular flexibility index (Phi) is 13.4. The number of carbonyl (C=O) groups is 1. The first kappa shape index (κ1) is 32.8. The highest BCUT2D eigenvalue weighted by Crippen LogP contribution is 2.32. The molecule has 1 aliphatic heterocycles. The SMILES string of the molecule is CCc1cc(C(=O)N(CC2CNC[C@H]2CN(Cc2ccc(OC)c(OCCCOC)c2)C(C)C)C2CC2)no1.CO. The Morgan fingerprint density at radius 3 is 2.44 bits per heavy atom. The number of carbonyl (C=O) groups excluding carboxylic acids is 1. The van der Waals surface area contributed by atoms with Gasteiger partial charge >= 0.3 is 0 Å². The molecule has 41 heavy (non-hydrogen) atoms. The predicted octanol–water partition coefficient (Wildman–Crippen LogP) is 3.62. The molecule has 2 aromatic rings. The minimum Gasteiger partial charge on any atom is -0.493 e. The number of rotatable bonds is 16. The van der Waals surface area contributed by atoms with Crippen molar-refractivity contribution in [3.63, 3.8) is 0 Å². The first-order valence-electron chi connectivity index (χ1n) is 14.9. The first-order valence-corrected chi connectivity index (χ1v) is 14.9. The van der Waals surface area contributed by atoms with E-state index in [9.17, 15) is 4.79 Å². The second-order valence-corrected chi connectivity index (χ2v) is 11.1. The molecule has 2 heterocycles. The van der Waals surface area contributed by atoms with Crippen molar-refractivity contribution >= 4 is 5.91 Å². The number of nitrogens with zero attached hydrogens (tertiary/aromatic N) is 3. The van der Waals surface area contributed by atoms with E-state index in [1.807, 2.05) is 13.0 Å². The van der Waals surface area contributed by atoms with Crippen LogP contribution in [0.3, 0.4) is 0 Å². The number of aliphatic hydroxyl groups excluding tert-OH is 1. The average Bonchev–Trinajstić information content (AvgIpc) is 3.54. The maximum Gasteiger partial charge on any atom is 0.276 e. The van der Waals surface area contributed by atoms with E-state index < -0.39 is 0 Å². The molecule has 1 aromatic heterocycles. The molecule has 230 valence electrons. The standard InChI is InChI=1S/C30H46N4O5.CH4O/c1-6-26-15-27(32-39-26)30(35)34(25-9-10-25)20-24-17-31-16-23(24)19-33(21(2)3)18-22-8-11-28(37-5)29(14-22)38-13-7-12-36-4;1-2/h8,11,14-15,21,23-25,31H,6-7,9-10,12-13,16-20H2,1-5H3;2H,1H3/t23-,24?;/m0./s1. The number of hydrogen-bond donors (Lipinski definition) is 2. The number of nitrogens with one attached hydrogen (secondary N) is 1. The molecule has 2 atom stereocenters. The highest BCUT2D eigenvalue weighted by atomic mass is 16.5. The highest BCUT2D eigenvalue weighted by Gasteiger charge is 2.39. The van der Waals surface area contributed by atoms with Crippen LogP contribution in [0.5, 0.6) is 11.5 Å². The second-order valence-electron chi connectivity index (χ2n) is 11.1. The van der Waals surface area contributed by atoms with Gasteiger partial charge in [-0.1, -0.05) is 18.1 Å². The third-order valence-corrected chi connectivity index (χ3v) is 7.85. The molecule has 0 radical (unpaired) electrons. The van der Waals surface area contributed by atoms with Crippen molar-refractivity contribution in [3.8, 4) is 11.5 Å². The van der Waals surface area contributed by atoms with Gasteiger partial charge in [0.1, 0.15) is 5.76 Å². The molecule has 1 unspecified atom stereocenters. The highest BCUT2D eigenvalue weighted by molar-refractivity contribution is 5.92. The summed E-state index contributed by atoms with van der Waals surface area (Å²) in [6.07, 6.45) is 3.70. The molecule has 4 rings (SSSR count). The predicted molar refractivity (Wildman–Crippen MR) is 158 cm³/mol. The molecule has 1 saturated heterocycles. The van der Waals surface area contributed by atoms with Gasteiger partial charge in [0.05, 0.1) is 13.7 Å². The summed E-state index contributed by atoms with van der Waals surface area (Å²) >= 11 is 0. The fourth-order valence-corrected chi connectivity index (χ4v) is 5.29. The smallest absolute Gasteiger partial charge is 0.276 e. The first-order chi connectivity index (χ1) is 19.9. The number of benzene rings is 1. The van der Waals surface area contributed by atoms with Crippen LogP contribution in [-0.4, -0.2) is 98.8 Å². The molecular formula is C31H50N4O6. The molecule has 1 saturated carbocycles. The molecule has 2 fully saturated rings. The zero-order chi connectivity index (χ0) is 29.8. The number of amides is 1. The van der Waals surface area contributed by atoms with E-state index in [4.69, 9.17) is 23.8 Å². The Balaban J connectivity index is 0.00000226. The van der Waals surface area contributed by atoms with E-state index in [2.05, 4.69) is 46.3 Å². The summed E-state index contributed by atoms with van der Waals surface area (Å²) in [4.78, 5) is 17.9. The van der Waals surface area contributed by atoms with Gasteiger partial charge in [0.25, 0.3) is 5.91 Å². The maximum atomic E-state index is 13.4. The molecule has 2 N–H and O–H groups in total. The van der Waals surface area contributed by atoms with Crippen LogP contribution in [0.1, 0.15) is 61.8 Å². The van der Waals surface area contributed by atoms with Gasteiger partial charge in [-0.3, -0.25) is 9.69 Å². The van der Waals surface area contributed by atoms with Gasteiger partial charge in [-0.15, -0.1) is 0 Å². The van der Waals surface area contributed by atoms with Crippen LogP contribution >= 0.6 is 0 Å². The van der Waals surface area contributed by atoms with Crippen LogP contribution in [0.2, 0.25) is 0 Å². The van der Waals surface area contributed by atoms with Gasteiger partial charge in [0, 0.05) is 78.0 Å². The third-order valence-electron chi connectivity index (χ3n) is 7.85. The minimum atomic E-state index is 0.00331. The normalized spacial score (nSPS) is 18.4.